The average molecular weight is 459 g/mol. The van der Waals surface area contributed by atoms with Crippen molar-refractivity contribution < 1.29 is 18.7 Å². The molecule has 0 atom stereocenters. The molecule has 4 rings (SSSR count). The summed E-state index contributed by atoms with van der Waals surface area (Å²) in [5, 5.41) is 3.27. The lowest BCUT2D eigenvalue weighted by Crippen LogP contribution is -2.40. The summed E-state index contributed by atoms with van der Waals surface area (Å²) in [7, 11) is 0. The highest BCUT2D eigenvalue weighted by molar-refractivity contribution is 7.13. The van der Waals surface area contributed by atoms with E-state index in [9.17, 15) is 14.0 Å². The monoisotopic (exact) mass is 458 g/mol. The van der Waals surface area contributed by atoms with Crippen LogP contribution in [0, 0.1) is 11.7 Å². The van der Waals surface area contributed by atoms with Crippen LogP contribution in [-0.2, 0) is 16.1 Å². The van der Waals surface area contributed by atoms with Gasteiger partial charge in [0, 0.05) is 29.6 Å². The van der Waals surface area contributed by atoms with Crippen LogP contribution < -0.4 is 0 Å². The number of nitrogens with zero attached hydrogens (tertiary/aromatic N) is 2. The molecular formula is C23H20ClFN2O3S. The number of carbonyl (C=O) groups is 2. The molecule has 0 spiro atoms. The standard InChI is InChI=1S/C23H20ClFN2O3S/c24-20-4-2-1-3-19(20)21-26-18(14-31-21)13-30-23(29)16-9-11-27(12-10-16)22(28)15-5-7-17(25)8-6-15/h1-8,14,16H,9-13H2. The van der Waals surface area contributed by atoms with Crippen molar-refractivity contribution in [3.8, 4) is 10.6 Å². The minimum absolute atomic E-state index is 0.106. The van der Waals surface area contributed by atoms with Gasteiger partial charge in [-0.05, 0) is 43.2 Å². The Labute approximate surface area is 188 Å². The zero-order valence-electron chi connectivity index (χ0n) is 16.6. The van der Waals surface area contributed by atoms with Gasteiger partial charge >= 0.3 is 5.97 Å². The number of thiazole rings is 1. The Bertz CT molecular complexity index is 1080. The third kappa shape index (κ3) is 5.11. The Hall–Kier alpha value is -2.77. The van der Waals surface area contributed by atoms with Gasteiger partial charge in [-0.15, -0.1) is 11.3 Å². The molecule has 0 aliphatic carbocycles. The highest BCUT2D eigenvalue weighted by Gasteiger charge is 2.29. The van der Waals surface area contributed by atoms with Crippen LogP contribution in [0.4, 0.5) is 4.39 Å². The van der Waals surface area contributed by atoms with Gasteiger partial charge in [-0.25, -0.2) is 9.37 Å². The van der Waals surface area contributed by atoms with Crippen LogP contribution >= 0.6 is 22.9 Å². The fraction of sp³-hybridized carbons (Fsp3) is 0.261. The topological polar surface area (TPSA) is 59.5 Å². The second-order valence-corrected chi connectivity index (χ2v) is 8.57. The number of aromatic nitrogens is 1. The first-order valence-electron chi connectivity index (χ1n) is 9.92. The molecule has 0 bridgehead atoms. The fourth-order valence-electron chi connectivity index (χ4n) is 3.49. The van der Waals surface area contributed by atoms with Crippen molar-refractivity contribution in [1.82, 2.24) is 9.88 Å². The van der Waals surface area contributed by atoms with E-state index in [1.165, 1.54) is 35.6 Å². The summed E-state index contributed by atoms with van der Waals surface area (Å²) in [5.74, 6) is -1.06. The molecule has 5 nitrogen and oxygen atoms in total. The third-order valence-corrected chi connectivity index (χ3v) is 6.48. The number of benzene rings is 2. The number of carbonyl (C=O) groups excluding carboxylic acids is 2. The molecule has 1 aliphatic rings. The van der Waals surface area contributed by atoms with E-state index < -0.39 is 0 Å². The first-order chi connectivity index (χ1) is 15.0. The number of hydrogen-bond donors (Lipinski definition) is 0. The number of halogens is 2. The lowest BCUT2D eigenvalue weighted by Gasteiger charge is -2.31. The number of ether oxygens (including phenoxy) is 1. The molecule has 3 aromatic rings. The Morgan fingerprint density at radius 1 is 1.13 bits per heavy atom. The maximum atomic E-state index is 13.0. The molecule has 1 fully saturated rings. The van der Waals surface area contributed by atoms with Crippen molar-refractivity contribution in [3.05, 3.63) is 76.0 Å². The average Bonchev–Trinajstić information content (AvgIpc) is 3.27. The van der Waals surface area contributed by atoms with Crippen molar-refractivity contribution in [3.63, 3.8) is 0 Å². The molecular weight excluding hydrogens is 439 g/mol. The summed E-state index contributed by atoms with van der Waals surface area (Å²) >= 11 is 7.67. The second-order valence-electron chi connectivity index (χ2n) is 7.30. The SMILES string of the molecule is O=C(OCc1csc(-c2ccccc2Cl)n1)C1CCN(C(=O)c2ccc(F)cc2)CC1. The zero-order chi connectivity index (χ0) is 21.8. The molecule has 160 valence electrons. The first-order valence-corrected chi connectivity index (χ1v) is 11.2. The van der Waals surface area contributed by atoms with Gasteiger partial charge in [0.25, 0.3) is 5.91 Å². The summed E-state index contributed by atoms with van der Waals surface area (Å²) in [6.45, 7) is 1.03. The molecule has 1 amide bonds. The summed E-state index contributed by atoms with van der Waals surface area (Å²) in [5.41, 5.74) is 1.97. The number of amides is 1. The fourth-order valence-corrected chi connectivity index (χ4v) is 4.61. The molecule has 1 aromatic heterocycles. The van der Waals surface area contributed by atoms with Crippen LogP contribution in [0.15, 0.2) is 53.9 Å². The van der Waals surface area contributed by atoms with Crippen LogP contribution in [0.3, 0.4) is 0 Å². The maximum Gasteiger partial charge on any atom is 0.309 e. The van der Waals surface area contributed by atoms with Crippen molar-refractivity contribution in [2.45, 2.75) is 19.4 Å². The van der Waals surface area contributed by atoms with Crippen LogP contribution in [-0.4, -0.2) is 34.8 Å². The van der Waals surface area contributed by atoms with E-state index in [2.05, 4.69) is 4.98 Å². The van der Waals surface area contributed by atoms with Gasteiger partial charge in [0.2, 0.25) is 0 Å². The van der Waals surface area contributed by atoms with Crippen LogP contribution in [0.5, 0.6) is 0 Å². The highest BCUT2D eigenvalue weighted by Crippen LogP contribution is 2.30. The van der Waals surface area contributed by atoms with Gasteiger partial charge in [-0.2, -0.15) is 0 Å². The molecule has 1 aliphatic heterocycles. The molecule has 0 saturated carbocycles. The zero-order valence-corrected chi connectivity index (χ0v) is 18.2. The van der Waals surface area contributed by atoms with Crippen LogP contribution in [0.25, 0.3) is 10.6 Å². The smallest absolute Gasteiger partial charge is 0.309 e. The highest BCUT2D eigenvalue weighted by atomic mass is 35.5. The minimum Gasteiger partial charge on any atom is -0.459 e. The van der Waals surface area contributed by atoms with Crippen molar-refractivity contribution in [2.24, 2.45) is 5.92 Å². The maximum absolute atomic E-state index is 13.0. The lowest BCUT2D eigenvalue weighted by molar-refractivity contribution is -0.151. The molecule has 2 heterocycles. The normalized spacial score (nSPS) is 14.5. The van der Waals surface area contributed by atoms with Crippen molar-refractivity contribution in [1.29, 1.82) is 0 Å². The summed E-state index contributed by atoms with van der Waals surface area (Å²) in [6, 6.07) is 13.0. The van der Waals surface area contributed by atoms with Crippen molar-refractivity contribution in [2.75, 3.05) is 13.1 Å². The molecule has 2 aromatic carbocycles. The first kappa shape index (κ1) is 21.5. The van der Waals surface area contributed by atoms with E-state index in [4.69, 9.17) is 16.3 Å². The largest absolute Gasteiger partial charge is 0.459 e. The van der Waals surface area contributed by atoms with Gasteiger partial charge in [-0.3, -0.25) is 9.59 Å². The van der Waals surface area contributed by atoms with Gasteiger partial charge in [0.1, 0.15) is 17.4 Å². The molecule has 1 saturated heterocycles. The molecule has 0 radical (unpaired) electrons. The number of esters is 1. The Kier molecular flexibility index (Phi) is 6.63. The number of likely N-dealkylation sites (tertiary alicyclic amines) is 1. The van der Waals surface area contributed by atoms with Gasteiger partial charge in [-0.1, -0.05) is 29.8 Å². The van der Waals surface area contributed by atoms with Gasteiger partial charge in [0.05, 0.1) is 16.6 Å². The van der Waals surface area contributed by atoms with Gasteiger partial charge in [0.15, 0.2) is 0 Å². The summed E-state index contributed by atoms with van der Waals surface area (Å²) < 4.78 is 18.5. The summed E-state index contributed by atoms with van der Waals surface area (Å²) in [4.78, 5) is 31.2. The lowest BCUT2D eigenvalue weighted by atomic mass is 9.96. The predicted octanol–water partition coefficient (Wildman–Crippen LogP) is 5.20. The third-order valence-electron chi connectivity index (χ3n) is 5.22. The van der Waals surface area contributed by atoms with E-state index in [0.717, 1.165) is 10.6 Å². The number of hydrogen-bond acceptors (Lipinski definition) is 5. The molecule has 0 N–H and O–H groups in total. The van der Waals surface area contributed by atoms with Crippen molar-refractivity contribution >= 4 is 34.8 Å². The van der Waals surface area contributed by atoms with Gasteiger partial charge < -0.3 is 9.64 Å². The molecule has 31 heavy (non-hydrogen) atoms. The Balaban J connectivity index is 1.27. The molecule has 8 heteroatoms. The van der Waals surface area contributed by atoms with E-state index in [0.29, 0.717) is 42.2 Å². The van der Waals surface area contributed by atoms with E-state index in [1.807, 2.05) is 29.6 Å². The predicted molar refractivity (Wildman–Crippen MR) is 117 cm³/mol. The van der Waals surface area contributed by atoms with E-state index in [1.54, 1.807) is 4.90 Å². The van der Waals surface area contributed by atoms with E-state index in [-0.39, 0.29) is 30.2 Å². The second kappa shape index (κ2) is 9.58. The molecule has 0 unspecified atom stereocenters. The Morgan fingerprint density at radius 3 is 2.55 bits per heavy atom. The summed E-state index contributed by atoms with van der Waals surface area (Å²) in [6.07, 6.45) is 1.07. The number of piperidine rings is 1. The minimum atomic E-state index is -0.378. The number of rotatable bonds is 5. The van der Waals surface area contributed by atoms with E-state index >= 15 is 0 Å². The quantitative estimate of drug-likeness (QED) is 0.493. The van der Waals surface area contributed by atoms with Crippen LogP contribution in [0.1, 0.15) is 28.9 Å². The Morgan fingerprint density at radius 2 is 1.84 bits per heavy atom. The van der Waals surface area contributed by atoms with Crippen LogP contribution in [0.2, 0.25) is 5.02 Å².